The smallest absolute Gasteiger partial charge is 0.338 e. The zero-order chi connectivity index (χ0) is 24.0. The van der Waals surface area contributed by atoms with Crippen LogP contribution < -0.4 is 10.3 Å². The topological polar surface area (TPSA) is 79.7 Å². The number of carbonyl (C=O) groups is 1. The van der Waals surface area contributed by atoms with Crippen LogP contribution in [-0.2, 0) is 35.5 Å². The maximum atomic E-state index is 13.6. The minimum Gasteiger partial charge on any atom is -0.467 e. The Bertz CT molecular complexity index is 1320. The van der Waals surface area contributed by atoms with Gasteiger partial charge in [0.1, 0.15) is 10.6 Å². The summed E-state index contributed by atoms with van der Waals surface area (Å²) in [6, 6.07) is 3.48. The molecule has 0 spiro atoms. The second kappa shape index (κ2) is 8.82. The molecule has 1 aliphatic carbocycles. The number of thiophene rings is 1. The third kappa shape index (κ3) is 4.14. The van der Waals surface area contributed by atoms with Gasteiger partial charge in [-0.15, -0.1) is 11.3 Å². The van der Waals surface area contributed by atoms with Crippen molar-refractivity contribution in [2.75, 3.05) is 13.4 Å². The normalized spacial score (nSPS) is 17.7. The van der Waals surface area contributed by atoms with Gasteiger partial charge in [0, 0.05) is 16.0 Å². The third-order valence-electron chi connectivity index (χ3n) is 6.90. The molecule has 0 amide bonds. The van der Waals surface area contributed by atoms with Gasteiger partial charge in [-0.3, -0.25) is 9.36 Å². The first-order valence-corrected chi connectivity index (χ1v) is 12.6. The number of aromatic nitrogens is 2. The van der Waals surface area contributed by atoms with Crippen molar-refractivity contribution in [3.05, 3.63) is 55.9 Å². The molecule has 0 fully saturated rings. The Balaban J connectivity index is 1.54. The van der Waals surface area contributed by atoms with Gasteiger partial charge in [-0.25, -0.2) is 9.78 Å². The lowest BCUT2D eigenvalue weighted by Crippen LogP contribution is -2.27. The molecule has 0 radical (unpaired) electrons. The molecule has 180 valence electrons. The van der Waals surface area contributed by atoms with Crippen molar-refractivity contribution in [1.82, 2.24) is 9.55 Å². The molecule has 5 rings (SSSR count). The predicted octanol–water partition coefficient (Wildman–Crippen LogP) is 4.70. The number of ether oxygens (including phenoxy) is 3. The van der Waals surface area contributed by atoms with Crippen molar-refractivity contribution in [2.45, 2.75) is 60.1 Å². The van der Waals surface area contributed by atoms with Gasteiger partial charge in [-0.1, -0.05) is 20.8 Å². The van der Waals surface area contributed by atoms with Crippen molar-refractivity contribution in [1.29, 1.82) is 0 Å². The summed E-state index contributed by atoms with van der Waals surface area (Å²) in [5, 5.41) is 0.745. The van der Waals surface area contributed by atoms with Crippen LogP contribution in [0.1, 0.15) is 66.0 Å². The first-order chi connectivity index (χ1) is 16.3. The zero-order valence-electron chi connectivity index (χ0n) is 20.1. The summed E-state index contributed by atoms with van der Waals surface area (Å²) in [5.74, 6) is 0.858. The lowest BCUT2D eigenvalue weighted by molar-refractivity contribution is -0.0171. The number of rotatable bonds is 4. The van der Waals surface area contributed by atoms with Crippen molar-refractivity contribution >= 4 is 27.5 Å². The summed E-state index contributed by atoms with van der Waals surface area (Å²) in [6.45, 7) is 9.67. The van der Waals surface area contributed by atoms with Crippen LogP contribution in [0, 0.1) is 11.3 Å². The van der Waals surface area contributed by atoms with E-state index in [1.807, 2.05) is 0 Å². The standard InChI is InChI=1S/C26H30N2O5S/c1-5-32-25(30)15-8-16(22-17(9-15)12-31-14-33-22)11-28-13-27-23-21(24(28)29)19-7-6-18(26(2,3)4)10-20(19)34-23/h8-9,13,18H,5-7,10-12,14H2,1-4H3. The van der Waals surface area contributed by atoms with Crippen LogP contribution in [0.4, 0.5) is 0 Å². The zero-order valence-corrected chi connectivity index (χ0v) is 20.9. The lowest BCUT2D eigenvalue weighted by Gasteiger charge is -2.33. The van der Waals surface area contributed by atoms with Gasteiger partial charge in [0.15, 0.2) is 6.79 Å². The van der Waals surface area contributed by atoms with E-state index in [1.54, 1.807) is 41.3 Å². The average molecular weight is 483 g/mol. The molecule has 34 heavy (non-hydrogen) atoms. The number of benzene rings is 1. The molecule has 3 aromatic rings. The van der Waals surface area contributed by atoms with Gasteiger partial charge >= 0.3 is 5.97 Å². The molecule has 0 saturated carbocycles. The minimum absolute atomic E-state index is 0.0425. The number of nitrogens with zero attached hydrogens (tertiary/aromatic N) is 2. The average Bonchev–Trinajstić information content (AvgIpc) is 3.19. The molecular formula is C26H30N2O5S. The van der Waals surface area contributed by atoms with Crippen LogP contribution in [-0.4, -0.2) is 28.9 Å². The summed E-state index contributed by atoms with van der Waals surface area (Å²) in [5.41, 5.74) is 3.30. The molecule has 0 bridgehead atoms. The largest absolute Gasteiger partial charge is 0.467 e. The highest BCUT2D eigenvalue weighted by Gasteiger charge is 2.32. The van der Waals surface area contributed by atoms with Crippen molar-refractivity contribution < 1.29 is 19.0 Å². The van der Waals surface area contributed by atoms with Gasteiger partial charge in [0.2, 0.25) is 0 Å². The molecule has 0 saturated heterocycles. The van der Waals surface area contributed by atoms with Crippen LogP contribution in [0.25, 0.3) is 10.2 Å². The number of esters is 1. The number of hydrogen-bond acceptors (Lipinski definition) is 7. The SMILES string of the molecule is CCOC(=O)c1cc2c(c(Cn3cnc4sc5c(c4c3=O)CCC(C(C)(C)C)C5)c1)OCOC2. The molecule has 1 aliphatic heterocycles. The van der Waals surface area contributed by atoms with Crippen LogP contribution >= 0.6 is 11.3 Å². The van der Waals surface area contributed by atoms with Crippen molar-refractivity contribution in [2.24, 2.45) is 11.3 Å². The molecule has 8 heteroatoms. The number of carbonyl (C=O) groups excluding carboxylic acids is 1. The molecule has 7 nitrogen and oxygen atoms in total. The summed E-state index contributed by atoms with van der Waals surface area (Å²) in [7, 11) is 0. The van der Waals surface area contributed by atoms with E-state index in [4.69, 9.17) is 14.2 Å². The number of hydrogen-bond donors (Lipinski definition) is 0. The predicted molar refractivity (Wildman–Crippen MR) is 131 cm³/mol. The molecule has 1 aromatic carbocycles. The summed E-state index contributed by atoms with van der Waals surface area (Å²) in [6.07, 6.45) is 4.60. The Morgan fingerprint density at radius 3 is 2.91 bits per heavy atom. The van der Waals surface area contributed by atoms with E-state index in [0.29, 0.717) is 23.8 Å². The highest BCUT2D eigenvalue weighted by Crippen LogP contribution is 2.42. The Morgan fingerprint density at radius 1 is 1.32 bits per heavy atom. The van der Waals surface area contributed by atoms with Crippen LogP contribution in [0.2, 0.25) is 0 Å². The van der Waals surface area contributed by atoms with Gasteiger partial charge in [-0.05, 0) is 55.2 Å². The molecule has 3 heterocycles. The van der Waals surface area contributed by atoms with E-state index in [1.165, 1.54) is 10.4 Å². The quantitative estimate of drug-likeness (QED) is 0.502. The lowest BCUT2D eigenvalue weighted by atomic mass is 9.72. The third-order valence-corrected chi connectivity index (χ3v) is 8.06. The monoisotopic (exact) mass is 482 g/mol. The Morgan fingerprint density at radius 2 is 2.15 bits per heavy atom. The summed E-state index contributed by atoms with van der Waals surface area (Å²) in [4.78, 5) is 32.8. The number of aryl methyl sites for hydroxylation is 1. The molecule has 1 unspecified atom stereocenters. The fourth-order valence-electron chi connectivity index (χ4n) is 4.99. The summed E-state index contributed by atoms with van der Waals surface area (Å²) >= 11 is 1.66. The minimum atomic E-state index is -0.404. The first-order valence-electron chi connectivity index (χ1n) is 11.8. The molecule has 1 atom stereocenters. The maximum absolute atomic E-state index is 13.6. The van der Waals surface area contributed by atoms with E-state index < -0.39 is 5.97 Å². The Hall–Kier alpha value is -2.71. The van der Waals surface area contributed by atoms with Crippen molar-refractivity contribution in [3.63, 3.8) is 0 Å². The van der Waals surface area contributed by atoms with E-state index >= 15 is 0 Å². The fourth-order valence-corrected chi connectivity index (χ4v) is 6.24. The van der Waals surface area contributed by atoms with Crippen molar-refractivity contribution in [3.8, 4) is 5.75 Å². The summed E-state index contributed by atoms with van der Waals surface area (Å²) < 4.78 is 18.0. The van der Waals surface area contributed by atoms with Gasteiger partial charge in [-0.2, -0.15) is 0 Å². The Kier molecular flexibility index (Phi) is 5.98. The highest BCUT2D eigenvalue weighted by atomic mass is 32.1. The highest BCUT2D eigenvalue weighted by molar-refractivity contribution is 7.18. The Labute approximate surface area is 202 Å². The van der Waals surface area contributed by atoms with E-state index in [-0.39, 0.29) is 30.9 Å². The van der Waals surface area contributed by atoms with Gasteiger partial charge in [0.25, 0.3) is 5.56 Å². The number of fused-ring (bicyclic) bond motifs is 4. The first kappa shape index (κ1) is 23.1. The molecular weight excluding hydrogens is 452 g/mol. The van der Waals surface area contributed by atoms with Gasteiger partial charge < -0.3 is 14.2 Å². The van der Waals surface area contributed by atoms with Gasteiger partial charge in [0.05, 0.1) is 37.0 Å². The van der Waals surface area contributed by atoms with Crippen LogP contribution in [0.3, 0.4) is 0 Å². The molecule has 2 aliphatic rings. The second-order valence-corrected chi connectivity index (χ2v) is 11.2. The van der Waals surface area contributed by atoms with E-state index in [2.05, 4.69) is 25.8 Å². The molecule has 0 N–H and O–H groups in total. The second-order valence-electron chi connectivity index (χ2n) is 10.1. The maximum Gasteiger partial charge on any atom is 0.338 e. The fraction of sp³-hybridized carbons (Fsp3) is 0.500. The van der Waals surface area contributed by atoms with E-state index in [9.17, 15) is 9.59 Å². The van der Waals surface area contributed by atoms with Crippen LogP contribution in [0.15, 0.2) is 23.3 Å². The molecule has 2 aromatic heterocycles. The van der Waals surface area contributed by atoms with Crippen LogP contribution in [0.5, 0.6) is 5.75 Å². The van der Waals surface area contributed by atoms with E-state index in [0.717, 1.165) is 40.6 Å².